The van der Waals surface area contributed by atoms with Crippen LogP contribution in [0.4, 0.5) is 8.78 Å². The van der Waals surface area contributed by atoms with E-state index in [0.29, 0.717) is 48.8 Å². The first-order valence-electron chi connectivity index (χ1n) is 22.9. The van der Waals surface area contributed by atoms with Gasteiger partial charge in [0.2, 0.25) is 11.7 Å². The van der Waals surface area contributed by atoms with Crippen LogP contribution in [0.15, 0.2) is 96.2 Å². The van der Waals surface area contributed by atoms with Crippen molar-refractivity contribution in [1.82, 2.24) is 4.90 Å². The first-order chi connectivity index (χ1) is 30.3. The molecule has 9 nitrogen and oxygen atoms in total. The Morgan fingerprint density at radius 1 is 0.984 bits per heavy atom. The fourth-order valence-corrected chi connectivity index (χ4v) is 10.6. The number of allylic oxidation sites excluding steroid dienone is 1. The lowest BCUT2D eigenvalue weighted by atomic mass is 9.55. The maximum atomic E-state index is 15.0. The minimum Gasteiger partial charge on any atom is -0.489 e. The minimum atomic E-state index is -1.42. The number of rotatable bonds is 22. The zero-order valence-electron chi connectivity index (χ0n) is 36.2. The summed E-state index contributed by atoms with van der Waals surface area (Å²) in [4.78, 5) is 22.8. The number of unbranched alkanes of at least 4 members (excludes halogenated alkanes) is 2. The normalized spacial score (nSPS) is 24.8. The van der Waals surface area contributed by atoms with Gasteiger partial charge in [-0.2, -0.15) is 0 Å². The Kier molecular flexibility index (Phi) is 15.9. The van der Waals surface area contributed by atoms with Crippen molar-refractivity contribution >= 4 is 11.6 Å². The molecule has 2 saturated carbocycles. The van der Waals surface area contributed by atoms with Crippen molar-refractivity contribution in [3.05, 3.63) is 119 Å². The van der Waals surface area contributed by atoms with Gasteiger partial charge in [-0.3, -0.25) is 4.79 Å². The number of aliphatic hydroxyl groups excluding tert-OH is 2. The number of benzene rings is 3. The van der Waals surface area contributed by atoms with Crippen LogP contribution >= 0.6 is 0 Å². The third kappa shape index (κ3) is 10.3. The van der Waals surface area contributed by atoms with Gasteiger partial charge in [0.05, 0.1) is 18.2 Å². The van der Waals surface area contributed by atoms with Crippen LogP contribution in [0.2, 0.25) is 0 Å². The fourth-order valence-electron chi connectivity index (χ4n) is 10.6. The van der Waals surface area contributed by atoms with Gasteiger partial charge in [-0.05, 0) is 104 Å². The van der Waals surface area contributed by atoms with Crippen molar-refractivity contribution in [1.29, 1.82) is 0 Å². The molecular formula is C51H64F2N2O7. The Labute approximate surface area is 365 Å². The van der Waals surface area contributed by atoms with Gasteiger partial charge in [0.15, 0.2) is 0 Å². The first-order valence-corrected chi connectivity index (χ1v) is 22.9. The minimum absolute atomic E-state index is 0.0286. The number of hydrogen-bond donors (Lipinski definition) is 2. The smallest absolute Gasteiger partial charge is 0.239 e. The Hall–Kier alpha value is -4.58. The molecule has 62 heavy (non-hydrogen) atoms. The molecule has 2 fully saturated rings. The molecule has 0 radical (unpaired) electrons. The molecule has 6 unspecified atom stereocenters. The first kappa shape index (κ1) is 45.4. The summed E-state index contributed by atoms with van der Waals surface area (Å²) >= 11 is 0. The number of carbonyl (C=O) groups is 1. The standard InChI is InChI=1S/C51H64F2N2O7/c1-3-29-60-51-47(55(33-36-19-22-39(52)23-20-36)48(58)26-21-35-13-5-6-14-35)32-45(54-61-4-2)42-30-37(15-9-11-27-56)41(17-10-12-28-57)49(50(42)51)43-31-40(24-25-46(43)62-51)59-34-38-16-7-8-18-44(38)53/h3,7-8,16,18-20,22-25,30-31,35,37,41,47,49-50,56-57H,1,4-6,9-15,17,21,26-29,32-34H2,2H3. The highest BCUT2D eigenvalue weighted by Gasteiger charge is 2.65. The molecule has 6 atom stereocenters. The highest BCUT2D eigenvalue weighted by Crippen LogP contribution is 2.62. The molecule has 3 aromatic rings. The van der Waals surface area contributed by atoms with E-state index < -0.39 is 17.7 Å². The van der Waals surface area contributed by atoms with Gasteiger partial charge >= 0.3 is 0 Å². The summed E-state index contributed by atoms with van der Waals surface area (Å²) in [6.07, 6.45) is 14.5. The Bertz CT molecular complexity index is 2020. The summed E-state index contributed by atoms with van der Waals surface area (Å²) in [7, 11) is 0. The van der Waals surface area contributed by atoms with Crippen LogP contribution in [0.5, 0.6) is 11.5 Å². The van der Waals surface area contributed by atoms with E-state index >= 15 is 4.79 Å². The molecule has 11 heteroatoms. The zero-order chi connectivity index (χ0) is 43.5. The largest absolute Gasteiger partial charge is 0.489 e. The molecular weight excluding hydrogens is 791 g/mol. The molecule has 334 valence electrons. The number of carbonyl (C=O) groups excluding carboxylic acids is 1. The van der Waals surface area contributed by atoms with Crippen molar-refractivity contribution in [3.8, 4) is 11.5 Å². The van der Waals surface area contributed by atoms with Gasteiger partial charge in [0, 0.05) is 49.6 Å². The van der Waals surface area contributed by atoms with Crippen molar-refractivity contribution in [2.75, 3.05) is 26.4 Å². The lowest BCUT2D eigenvalue weighted by Crippen LogP contribution is -2.70. The summed E-state index contributed by atoms with van der Waals surface area (Å²) in [6, 6.07) is 17.9. The van der Waals surface area contributed by atoms with Gasteiger partial charge in [-0.15, -0.1) is 6.58 Å². The highest BCUT2D eigenvalue weighted by molar-refractivity contribution is 6.03. The summed E-state index contributed by atoms with van der Waals surface area (Å²) in [5.74, 6) is -1.13. The molecule has 3 aromatic carbocycles. The molecule has 4 aliphatic rings. The number of fused-ring (bicyclic) bond motifs is 2. The quantitative estimate of drug-likeness (QED) is 0.0588. The lowest BCUT2D eigenvalue weighted by molar-refractivity contribution is -0.258. The summed E-state index contributed by atoms with van der Waals surface area (Å²) < 4.78 is 49.9. The topological polar surface area (TPSA) is 110 Å². The average Bonchev–Trinajstić information content (AvgIpc) is 3.81. The molecule has 1 aliphatic heterocycles. The molecule has 2 N–H and O–H groups in total. The molecule has 1 amide bonds. The Balaban J connectivity index is 1.41. The van der Waals surface area contributed by atoms with Crippen LogP contribution in [-0.4, -0.2) is 65.0 Å². The van der Waals surface area contributed by atoms with Crippen molar-refractivity contribution in [2.45, 2.75) is 121 Å². The van der Waals surface area contributed by atoms with Gasteiger partial charge in [0.25, 0.3) is 0 Å². The van der Waals surface area contributed by atoms with E-state index in [1.54, 1.807) is 36.4 Å². The predicted octanol–water partition coefficient (Wildman–Crippen LogP) is 10.2. The van der Waals surface area contributed by atoms with Crippen LogP contribution in [-0.2, 0) is 27.5 Å². The summed E-state index contributed by atoms with van der Waals surface area (Å²) in [5.41, 5.74) is 3.80. The van der Waals surface area contributed by atoms with E-state index in [1.807, 2.05) is 30.0 Å². The van der Waals surface area contributed by atoms with Crippen LogP contribution < -0.4 is 9.47 Å². The molecule has 0 aromatic heterocycles. The number of nitrogens with zero attached hydrogens (tertiary/aromatic N) is 2. The van der Waals surface area contributed by atoms with Crippen molar-refractivity contribution in [3.63, 3.8) is 0 Å². The predicted molar refractivity (Wildman–Crippen MR) is 235 cm³/mol. The number of aliphatic hydroxyl groups is 2. The Morgan fingerprint density at radius 2 is 1.74 bits per heavy atom. The second-order valence-electron chi connectivity index (χ2n) is 17.4. The van der Waals surface area contributed by atoms with E-state index in [2.05, 4.69) is 12.7 Å². The molecule has 0 spiro atoms. The molecule has 7 rings (SSSR count). The van der Waals surface area contributed by atoms with E-state index in [9.17, 15) is 19.0 Å². The van der Waals surface area contributed by atoms with E-state index in [-0.39, 0.29) is 74.7 Å². The van der Waals surface area contributed by atoms with Crippen molar-refractivity contribution in [2.24, 2.45) is 28.8 Å². The zero-order valence-corrected chi connectivity index (χ0v) is 36.2. The maximum absolute atomic E-state index is 15.0. The van der Waals surface area contributed by atoms with Crippen LogP contribution in [0.1, 0.15) is 113 Å². The number of ether oxygens (including phenoxy) is 3. The number of amides is 1. The van der Waals surface area contributed by atoms with Gasteiger partial charge in [0.1, 0.15) is 42.4 Å². The van der Waals surface area contributed by atoms with Gasteiger partial charge < -0.3 is 34.2 Å². The number of oxime groups is 1. The lowest BCUT2D eigenvalue weighted by Gasteiger charge is -2.60. The third-order valence-electron chi connectivity index (χ3n) is 13.5. The van der Waals surface area contributed by atoms with Crippen LogP contribution in [0.25, 0.3) is 0 Å². The molecule has 0 saturated heterocycles. The van der Waals surface area contributed by atoms with E-state index in [0.717, 1.165) is 67.4 Å². The molecule has 1 heterocycles. The van der Waals surface area contributed by atoms with Crippen LogP contribution in [0, 0.1) is 35.3 Å². The second kappa shape index (κ2) is 21.7. The SMILES string of the molecule is C=CCOC12Oc3ccc(OCc4ccccc4F)cc3C3C(CCCCO)C(CCCCO)C=C(C(=NOCC)CC1N(Cc1ccc(F)cc1)C(=O)CCC1CCCC1)C32. The van der Waals surface area contributed by atoms with Crippen molar-refractivity contribution < 1.29 is 42.8 Å². The fraction of sp³-hybridized carbons (Fsp3) is 0.529. The van der Waals surface area contributed by atoms with Gasteiger partial charge in [-0.1, -0.05) is 86.2 Å². The van der Waals surface area contributed by atoms with E-state index in [4.69, 9.17) is 24.2 Å². The Morgan fingerprint density at radius 3 is 2.47 bits per heavy atom. The maximum Gasteiger partial charge on any atom is 0.239 e. The summed E-state index contributed by atoms with van der Waals surface area (Å²) in [6.45, 7) is 6.84. The summed E-state index contributed by atoms with van der Waals surface area (Å²) in [5, 5.41) is 24.7. The van der Waals surface area contributed by atoms with E-state index in [1.165, 1.54) is 31.0 Å². The highest BCUT2D eigenvalue weighted by atomic mass is 19.1. The van der Waals surface area contributed by atoms with Crippen LogP contribution in [0.3, 0.4) is 0 Å². The average molecular weight is 855 g/mol. The number of hydrogen-bond acceptors (Lipinski definition) is 8. The molecule has 0 bridgehead atoms. The number of halogens is 2. The second-order valence-corrected chi connectivity index (χ2v) is 17.4. The monoisotopic (exact) mass is 854 g/mol. The third-order valence-corrected chi connectivity index (χ3v) is 13.5. The molecule has 3 aliphatic carbocycles. The van der Waals surface area contributed by atoms with Gasteiger partial charge in [-0.25, -0.2) is 8.78 Å².